The van der Waals surface area contributed by atoms with Gasteiger partial charge in [0, 0.05) is 6.54 Å². The number of ether oxygens (including phenoxy) is 1. The third-order valence-corrected chi connectivity index (χ3v) is 6.21. The number of amides is 1. The molecular weight excluding hydrogens is 388 g/mol. The van der Waals surface area contributed by atoms with E-state index < -0.39 is 10.0 Å². The second-order valence-electron chi connectivity index (χ2n) is 6.78. The quantitative estimate of drug-likeness (QED) is 0.562. The number of hydrogen-bond donors (Lipinski definition) is 1. The van der Waals surface area contributed by atoms with Gasteiger partial charge in [0.15, 0.2) is 0 Å². The highest BCUT2D eigenvalue weighted by Gasteiger charge is 2.29. The van der Waals surface area contributed by atoms with Gasteiger partial charge < -0.3 is 10.1 Å². The lowest BCUT2D eigenvalue weighted by Crippen LogP contribution is -2.41. The molecule has 0 heterocycles. The largest absolute Gasteiger partial charge is 0.492 e. The molecule has 1 N–H and O–H groups in total. The fraction of sp³-hybridized carbons (Fsp3) is 0.409. The number of carbonyl (C=O) groups excluding carboxylic acids is 1. The van der Waals surface area contributed by atoms with Crippen LogP contribution in [0.15, 0.2) is 53.4 Å². The van der Waals surface area contributed by atoms with E-state index in [1.54, 1.807) is 48.5 Å². The summed E-state index contributed by atoms with van der Waals surface area (Å²) in [5.41, 5.74) is 1.30. The third-order valence-electron chi connectivity index (χ3n) is 4.43. The van der Waals surface area contributed by atoms with E-state index >= 15 is 0 Å². The molecule has 0 aliphatic heterocycles. The number of nitrogens with zero attached hydrogens (tertiary/aromatic N) is 1. The van der Waals surface area contributed by atoms with Crippen LogP contribution in [0.5, 0.6) is 5.75 Å². The molecule has 2 rings (SSSR count). The van der Waals surface area contributed by atoms with Crippen LogP contribution in [0.2, 0.25) is 0 Å². The second kappa shape index (κ2) is 10.9. The van der Waals surface area contributed by atoms with Crippen LogP contribution in [0.25, 0.3) is 0 Å². The molecule has 0 atom stereocenters. The number of hydrogen-bond acceptors (Lipinski definition) is 4. The third kappa shape index (κ3) is 6.22. The van der Waals surface area contributed by atoms with Crippen LogP contribution in [0.1, 0.15) is 38.7 Å². The summed E-state index contributed by atoms with van der Waals surface area (Å²) >= 11 is 0. The van der Waals surface area contributed by atoms with Crippen LogP contribution in [0.4, 0.5) is 5.69 Å². The van der Waals surface area contributed by atoms with E-state index in [9.17, 15) is 13.2 Å². The molecule has 0 aliphatic carbocycles. The number of sulfonamides is 1. The molecule has 0 aliphatic rings. The van der Waals surface area contributed by atoms with E-state index in [1.165, 1.54) is 0 Å². The van der Waals surface area contributed by atoms with Crippen molar-refractivity contribution in [3.05, 3.63) is 54.1 Å². The Hall–Kier alpha value is -2.54. The summed E-state index contributed by atoms with van der Waals surface area (Å²) < 4.78 is 33.6. The molecule has 0 bridgehead atoms. The van der Waals surface area contributed by atoms with Crippen LogP contribution in [-0.4, -0.2) is 34.0 Å². The van der Waals surface area contributed by atoms with Gasteiger partial charge in [0.2, 0.25) is 5.91 Å². The zero-order chi connectivity index (χ0) is 21.3. The molecule has 2 aromatic rings. The minimum Gasteiger partial charge on any atom is -0.492 e. The molecule has 0 fully saturated rings. The fourth-order valence-corrected chi connectivity index (χ4v) is 4.30. The summed E-state index contributed by atoms with van der Waals surface area (Å²) in [4.78, 5) is 12.7. The van der Waals surface area contributed by atoms with Crippen LogP contribution >= 0.6 is 0 Å². The minimum atomic E-state index is -3.95. The first kappa shape index (κ1) is 22.7. The Morgan fingerprint density at radius 1 is 1.03 bits per heavy atom. The second-order valence-corrected chi connectivity index (χ2v) is 8.64. The topological polar surface area (TPSA) is 75.7 Å². The van der Waals surface area contributed by atoms with Gasteiger partial charge in [-0.1, -0.05) is 49.6 Å². The minimum absolute atomic E-state index is 0.133. The number of rotatable bonds is 11. The number of benzene rings is 2. The first-order valence-corrected chi connectivity index (χ1v) is 11.4. The van der Waals surface area contributed by atoms with Crippen molar-refractivity contribution in [1.82, 2.24) is 5.32 Å². The Morgan fingerprint density at radius 3 is 2.38 bits per heavy atom. The first-order valence-electron chi connectivity index (χ1n) is 9.98. The molecule has 6 nitrogen and oxygen atoms in total. The molecule has 158 valence electrons. The van der Waals surface area contributed by atoms with Crippen molar-refractivity contribution in [1.29, 1.82) is 0 Å². The molecule has 0 aromatic heterocycles. The fourth-order valence-electron chi connectivity index (χ4n) is 2.87. The van der Waals surface area contributed by atoms with Crippen LogP contribution in [0.3, 0.4) is 0 Å². The summed E-state index contributed by atoms with van der Waals surface area (Å²) in [7, 11) is -3.95. The number of aryl methyl sites for hydroxylation is 1. The molecule has 7 heteroatoms. The molecule has 0 saturated carbocycles. The van der Waals surface area contributed by atoms with Crippen molar-refractivity contribution in [3.8, 4) is 5.75 Å². The highest BCUT2D eigenvalue weighted by molar-refractivity contribution is 7.92. The van der Waals surface area contributed by atoms with Crippen molar-refractivity contribution in [2.24, 2.45) is 0 Å². The molecule has 1 amide bonds. The van der Waals surface area contributed by atoms with Gasteiger partial charge in [0.1, 0.15) is 12.3 Å². The number of unbranched alkanes of at least 4 members (excludes halogenated alkanes) is 2. The van der Waals surface area contributed by atoms with E-state index in [4.69, 9.17) is 4.74 Å². The lowest BCUT2D eigenvalue weighted by atomic mass is 10.2. The molecule has 0 spiro atoms. The average molecular weight is 419 g/mol. The maximum absolute atomic E-state index is 13.4. The molecule has 29 heavy (non-hydrogen) atoms. The SMILES string of the molecule is CCCCCNC(=O)CN(c1ccccc1OCC)S(=O)(=O)c1ccc(C)cc1. The standard InChI is InChI=1S/C22H30N2O4S/c1-4-6-9-16-23-22(25)17-24(20-10-7-8-11-21(20)28-5-2)29(26,27)19-14-12-18(3)13-15-19/h7-8,10-15H,4-6,9,16-17H2,1-3H3,(H,23,25). The van der Waals surface area contributed by atoms with E-state index in [1.807, 2.05) is 13.8 Å². The summed E-state index contributed by atoms with van der Waals surface area (Å²) in [6, 6.07) is 13.5. The highest BCUT2D eigenvalue weighted by atomic mass is 32.2. The van der Waals surface area contributed by atoms with Crippen molar-refractivity contribution in [2.75, 3.05) is 24.0 Å². The van der Waals surface area contributed by atoms with Gasteiger partial charge in [-0.3, -0.25) is 9.10 Å². The summed E-state index contributed by atoms with van der Waals surface area (Å²) in [5.74, 6) is 0.0764. The zero-order valence-electron chi connectivity index (χ0n) is 17.3. The number of para-hydroxylation sites is 2. The maximum atomic E-state index is 13.4. The van der Waals surface area contributed by atoms with Gasteiger partial charge in [0.25, 0.3) is 10.0 Å². The highest BCUT2D eigenvalue weighted by Crippen LogP contribution is 2.32. The van der Waals surface area contributed by atoms with Gasteiger partial charge in [0.05, 0.1) is 17.2 Å². The Bertz CT molecular complexity index is 895. The molecule has 0 unspecified atom stereocenters. The van der Waals surface area contributed by atoms with Gasteiger partial charge in [-0.2, -0.15) is 0 Å². The molecule has 0 saturated heterocycles. The monoisotopic (exact) mass is 418 g/mol. The van der Waals surface area contributed by atoms with E-state index in [0.29, 0.717) is 24.6 Å². The normalized spacial score (nSPS) is 11.1. The van der Waals surface area contributed by atoms with E-state index in [2.05, 4.69) is 12.2 Å². The Labute approximate surface area is 173 Å². The summed E-state index contributed by atoms with van der Waals surface area (Å²) in [6.07, 6.45) is 2.92. The van der Waals surface area contributed by atoms with Crippen molar-refractivity contribution >= 4 is 21.6 Å². The summed E-state index contributed by atoms with van der Waals surface area (Å²) in [5, 5.41) is 2.82. The number of nitrogens with one attached hydrogen (secondary N) is 1. The lowest BCUT2D eigenvalue weighted by molar-refractivity contribution is -0.119. The van der Waals surface area contributed by atoms with Gasteiger partial charge >= 0.3 is 0 Å². The summed E-state index contributed by atoms with van der Waals surface area (Å²) in [6.45, 7) is 6.41. The van der Waals surface area contributed by atoms with Crippen molar-refractivity contribution in [3.63, 3.8) is 0 Å². The van der Waals surface area contributed by atoms with E-state index in [-0.39, 0.29) is 17.3 Å². The molecule has 2 aromatic carbocycles. The van der Waals surface area contributed by atoms with Crippen LogP contribution < -0.4 is 14.4 Å². The van der Waals surface area contributed by atoms with Gasteiger partial charge in [-0.25, -0.2) is 8.42 Å². The molecule has 0 radical (unpaired) electrons. The smallest absolute Gasteiger partial charge is 0.264 e. The predicted octanol–water partition coefficient (Wildman–Crippen LogP) is 3.90. The number of anilines is 1. The number of carbonyl (C=O) groups is 1. The predicted molar refractivity (Wildman–Crippen MR) is 116 cm³/mol. The van der Waals surface area contributed by atoms with Crippen LogP contribution in [-0.2, 0) is 14.8 Å². The zero-order valence-corrected chi connectivity index (χ0v) is 18.2. The molecular formula is C22H30N2O4S. The van der Waals surface area contributed by atoms with Crippen molar-refractivity contribution in [2.45, 2.75) is 44.9 Å². The van der Waals surface area contributed by atoms with Gasteiger partial charge in [-0.15, -0.1) is 0 Å². The first-order chi connectivity index (χ1) is 13.9. The Morgan fingerprint density at radius 2 is 1.72 bits per heavy atom. The maximum Gasteiger partial charge on any atom is 0.264 e. The van der Waals surface area contributed by atoms with Crippen molar-refractivity contribution < 1.29 is 17.9 Å². The lowest BCUT2D eigenvalue weighted by Gasteiger charge is -2.26. The van der Waals surface area contributed by atoms with Crippen LogP contribution in [0, 0.1) is 6.92 Å². The Kier molecular flexibility index (Phi) is 8.51. The van der Waals surface area contributed by atoms with Gasteiger partial charge in [-0.05, 0) is 44.5 Å². The van der Waals surface area contributed by atoms with E-state index in [0.717, 1.165) is 29.1 Å². The Balaban J connectivity index is 2.38. The average Bonchev–Trinajstić information content (AvgIpc) is 2.70.